The Hall–Kier alpha value is -2.59. The zero-order valence-electron chi connectivity index (χ0n) is 14.6. The van der Waals surface area contributed by atoms with Crippen LogP contribution in [0.25, 0.3) is 0 Å². The molecule has 148 valence electrons. The summed E-state index contributed by atoms with van der Waals surface area (Å²) < 4.78 is 5.38. The number of amides is 3. The number of carbonyl (C=O) groups excluding carboxylic acids is 3. The van der Waals surface area contributed by atoms with E-state index in [1.165, 1.54) is 0 Å². The Bertz CT molecular complexity index is 903. The highest BCUT2D eigenvalue weighted by Gasteiger charge is 2.25. The molecule has 1 aliphatic rings. The van der Waals surface area contributed by atoms with Crippen LogP contribution in [0.2, 0.25) is 5.02 Å². The predicted molar refractivity (Wildman–Crippen MR) is 106 cm³/mol. The fourth-order valence-corrected chi connectivity index (χ4v) is 3.20. The van der Waals surface area contributed by atoms with Crippen molar-refractivity contribution in [2.75, 3.05) is 11.9 Å². The minimum atomic E-state index is -0.821. The van der Waals surface area contributed by atoms with Gasteiger partial charge in [0.1, 0.15) is 16.3 Å². The van der Waals surface area contributed by atoms with Gasteiger partial charge < -0.3 is 20.7 Å². The average Bonchev–Trinajstić information content (AvgIpc) is 2.86. The van der Waals surface area contributed by atoms with E-state index in [0.29, 0.717) is 18.0 Å². The van der Waals surface area contributed by atoms with Crippen molar-refractivity contribution in [1.82, 2.24) is 20.8 Å². The Morgan fingerprint density at radius 2 is 2.07 bits per heavy atom. The van der Waals surface area contributed by atoms with Crippen molar-refractivity contribution in [2.45, 2.75) is 25.3 Å². The fourth-order valence-electron chi connectivity index (χ4n) is 2.63. The third-order valence-electron chi connectivity index (χ3n) is 4.05. The van der Waals surface area contributed by atoms with Gasteiger partial charge in [0, 0.05) is 6.54 Å². The third kappa shape index (κ3) is 4.82. The van der Waals surface area contributed by atoms with Gasteiger partial charge in [0.15, 0.2) is 0 Å². The van der Waals surface area contributed by atoms with Gasteiger partial charge in [0.2, 0.25) is 5.91 Å². The van der Waals surface area contributed by atoms with Crippen LogP contribution < -0.4 is 20.7 Å². The highest BCUT2D eigenvalue weighted by molar-refractivity contribution is 9.10. The molecule has 1 atom stereocenters. The van der Waals surface area contributed by atoms with E-state index in [1.54, 1.807) is 24.3 Å². The minimum Gasteiger partial charge on any atom is -0.388 e. The van der Waals surface area contributed by atoms with Gasteiger partial charge in [0.05, 0.1) is 10.6 Å². The zero-order valence-corrected chi connectivity index (χ0v) is 16.9. The third-order valence-corrected chi connectivity index (χ3v) is 5.12. The molecule has 0 spiro atoms. The molecule has 3 rings (SSSR count). The van der Waals surface area contributed by atoms with Crippen molar-refractivity contribution >= 4 is 51.3 Å². The number of halogens is 2. The number of aromatic amines is 1. The Morgan fingerprint density at radius 3 is 2.86 bits per heavy atom. The maximum Gasteiger partial charge on any atom is 0.414 e. The van der Waals surface area contributed by atoms with Crippen molar-refractivity contribution in [3.63, 3.8) is 0 Å². The summed E-state index contributed by atoms with van der Waals surface area (Å²) in [4.78, 5) is 36.3. The maximum atomic E-state index is 12.3. The number of ether oxygens (including phenoxy) is 1. The van der Waals surface area contributed by atoms with Crippen molar-refractivity contribution in [2.24, 2.45) is 0 Å². The number of hydrogen-bond acceptors (Lipinski definition) is 5. The van der Waals surface area contributed by atoms with E-state index in [4.69, 9.17) is 16.3 Å². The van der Waals surface area contributed by atoms with Crippen LogP contribution in [0.3, 0.4) is 0 Å². The first-order valence-corrected chi connectivity index (χ1v) is 9.68. The van der Waals surface area contributed by atoms with E-state index >= 15 is 0 Å². The van der Waals surface area contributed by atoms with Crippen LogP contribution in [0.5, 0.6) is 5.88 Å². The molecular formula is C17H17BrClN5O4. The number of hydrogen-bond donors (Lipinski definition) is 4. The lowest BCUT2D eigenvalue weighted by Crippen LogP contribution is -2.46. The molecule has 1 fully saturated rings. The number of anilines is 1. The molecule has 3 amide bonds. The lowest BCUT2D eigenvalue weighted by Gasteiger charge is -2.14. The van der Waals surface area contributed by atoms with Gasteiger partial charge in [-0.3, -0.25) is 14.7 Å². The molecule has 2 heterocycles. The van der Waals surface area contributed by atoms with Crippen LogP contribution in [0.4, 0.5) is 10.6 Å². The number of H-pyrrole nitrogens is 1. The van der Waals surface area contributed by atoms with Crippen LogP contribution in [-0.4, -0.2) is 40.7 Å². The lowest BCUT2D eigenvalue weighted by molar-refractivity contribution is -0.122. The molecule has 1 aromatic carbocycles. The molecule has 0 unspecified atom stereocenters. The highest BCUT2D eigenvalue weighted by atomic mass is 79.9. The summed E-state index contributed by atoms with van der Waals surface area (Å²) in [5.74, 6) is -0.592. The molecule has 1 saturated heterocycles. The van der Waals surface area contributed by atoms with Crippen molar-refractivity contribution in [3.8, 4) is 5.88 Å². The van der Waals surface area contributed by atoms with Crippen LogP contribution in [-0.2, 0) is 4.79 Å². The molecule has 2 aromatic rings. The molecule has 4 N–H and O–H groups in total. The van der Waals surface area contributed by atoms with Crippen LogP contribution in [0, 0.1) is 0 Å². The Labute approximate surface area is 173 Å². The first-order valence-electron chi connectivity index (χ1n) is 8.51. The smallest absolute Gasteiger partial charge is 0.388 e. The number of aromatic nitrogens is 2. The van der Waals surface area contributed by atoms with Crippen molar-refractivity contribution in [1.29, 1.82) is 0 Å². The van der Waals surface area contributed by atoms with Crippen LogP contribution >= 0.6 is 27.5 Å². The summed E-state index contributed by atoms with van der Waals surface area (Å²) in [6, 6.07) is 5.91. The second-order valence-corrected chi connectivity index (χ2v) is 7.23. The standard InChI is InChI=1S/C17H17BrClN5O4/c18-12-13(22-14(25)9-5-1-2-6-10(9)19)23-24-16(12)28-17(27)21-11-7-3-4-8-20-15(11)26/h1-2,5-6,11H,3-4,7-8H2,(H,20,26)(H,21,27)(H2,22,23,24,25)/t11-/m1/s1. The molecule has 1 aliphatic heterocycles. The first-order chi connectivity index (χ1) is 13.5. The Morgan fingerprint density at radius 1 is 1.29 bits per heavy atom. The minimum absolute atomic E-state index is 0.0824. The zero-order chi connectivity index (χ0) is 20.1. The molecule has 11 heteroatoms. The number of benzene rings is 1. The quantitative estimate of drug-likeness (QED) is 0.547. The summed E-state index contributed by atoms with van der Waals surface area (Å²) >= 11 is 9.23. The monoisotopic (exact) mass is 469 g/mol. The lowest BCUT2D eigenvalue weighted by atomic mass is 10.1. The largest absolute Gasteiger partial charge is 0.414 e. The molecule has 1 aromatic heterocycles. The van der Waals surface area contributed by atoms with Gasteiger partial charge in [0.25, 0.3) is 11.8 Å². The van der Waals surface area contributed by atoms with Crippen molar-refractivity contribution in [3.05, 3.63) is 39.3 Å². The molecule has 0 aliphatic carbocycles. The topological polar surface area (TPSA) is 125 Å². The molecule has 0 radical (unpaired) electrons. The average molecular weight is 471 g/mol. The van der Waals surface area contributed by atoms with E-state index in [2.05, 4.69) is 42.1 Å². The maximum absolute atomic E-state index is 12.3. The van der Waals surface area contributed by atoms with E-state index in [-0.39, 0.29) is 27.6 Å². The Kier molecular flexibility index (Phi) is 6.53. The second kappa shape index (κ2) is 9.07. The van der Waals surface area contributed by atoms with Crippen LogP contribution in [0.1, 0.15) is 29.6 Å². The van der Waals surface area contributed by atoms with E-state index < -0.39 is 18.0 Å². The molecular weight excluding hydrogens is 454 g/mol. The highest BCUT2D eigenvalue weighted by Crippen LogP contribution is 2.30. The van der Waals surface area contributed by atoms with Gasteiger partial charge in [-0.05, 0) is 47.3 Å². The van der Waals surface area contributed by atoms with E-state index in [1.807, 2.05) is 0 Å². The summed E-state index contributed by atoms with van der Waals surface area (Å²) in [6.45, 7) is 0.589. The number of carbonyl (C=O) groups is 3. The first kappa shape index (κ1) is 20.2. The summed E-state index contributed by atoms with van der Waals surface area (Å²) in [5.41, 5.74) is 0.283. The number of nitrogens with one attached hydrogen (secondary N) is 4. The van der Waals surface area contributed by atoms with Gasteiger partial charge in [-0.15, -0.1) is 5.10 Å². The number of rotatable bonds is 4. The normalized spacial score (nSPS) is 16.6. The summed E-state index contributed by atoms with van der Waals surface area (Å²) in [7, 11) is 0. The van der Waals surface area contributed by atoms with Gasteiger partial charge in [-0.2, -0.15) is 0 Å². The fraction of sp³-hybridized carbons (Fsp3) is 0.294. The second-order valence-electron chi connectivity index (χ2n) is 6.02. The van der Waals surface area contributed by atoms with E-state index in [9.17, 15) is 14.4 Å². The van der Waals surface area contributed by atoms with Gasteiger partial charge in [-0.1, -0.05) is 23.7 Å². The van der Waals surface area contributed by atoms with Crippen molar-refractivity contribution < 1.29 is 19.1 Å². The summed E-state index contributed by atoms with van der Waals surface area (Å²) in [5, 5.41) is 14.5. The molecule has 28 heavy (non-hydrogen) atoms. The molecule has 9 nitrogen and oxygen atoms in total. The molecule has 0 bridgehead atoms. The van der Waals surface area contributed by atoms with E-state index in [0.717, 1.165) is 12.8 Å². The SMILES string of the molecule is O=C(N[C@@H]1CCCCNC1=O)Oc1n[nH]c(NC(=O)c2ccccc2Cl)c1Br. The molecule has 0 saturated carbocycles. The summed E-state index contributed by atoms with van der Waals surface area (Å²) in [6.07, 6.45) is 1.38. The van der Waals surface area contributed by atoms with Gasteiger partial charge >= 0.3 is 6.09 Å². The Balaban J connectivity index is 1.62. The van der Waals surface area contributed by atoms with Gasteiger partial charge in [-0.25, -0.2) is 4.79 Å². The van der Waals surface area contributed by atoms with Crippen LogP contribution in [0.15, 0.2) is 28.7 Å². The predicted octanol–water partition coefficient (Wildman–Crippen LogP) is 2.83. The number of nitrogens with zero attached hydrogens (tertiary/aromatic N) is 1.